The number of ether oxygens (including phenoxy) is 2. The van der Waals surface area contributed by atoms with E-state index in [2.05, 4.69) is 41.3 Å². The summed E-state index contributed by atoms with van der Waals surface area (Å²) in [5, 5.41) is 3.54. The van der Waals surface area contributed by atoms with Crippen LogP contribution < -0.4 is 14.8 Å². The molecule has 0 unspecified atom stereocenters. The Morgan fingerprint density at radius 1 is 1.19 bits per heavy atom. The van der Waals surface area contributed by atoms with Crippen molar-refractivity contribution in [3.8, 4) is 11.5 Å². The summed E-state index contributed by atoms with van der Waals surface area (Å²) in [6.07, 6.45) is 7.30. The van der Waals surface area contributed by atoms with E-state index < -0.39 is 0 Å². The van der Waals surface area contributed by atoms with E-state index in [9.17, 15) is 0 Å². The minimum Gasteiger partial charge on any atom is -0.493 e. The SMILES string of the molecule is COc1cccc(CN[C@@H](C)c2ncccc2C)c1OCCn1ccnc1. The molecule has 1 atom stereocenters. The molecule has 0 saturated carbocycles. The third-order valence-electron chi connectivity index (χ3n) is 4.49. The zero-order chi connectivity index (χ0) is 19.1. The van der Waals surface area contributed by atoms with E-state index in [0.29, 0.717) is 13.2 Å². The number of rotatable bonds is 9. The standard InChI is InChI=1S/C21H26N4O2/c1-16-6-5-9-23-20(16)17(2)24-14-18-7-4-8-19(26-3)21(18)27-13-12-25-11-10-22-15-25/h4-11,15,17,24H,12-14H2,1-3H3/t17-/m0/s1. The van der Waals surface area contributed by atoms with E-state index in [0.717, 1.165) is 29.3 Å². The first-order chi connectivity index (χ1) is 13.2. The van der Waals surface area contributed by atoms with Crippen molar-refractivity contribution in [2.24, 2.45) is 0 Å². The van der Waals surface area contributed by atoms with Gasteiger partial charge in [-0.2, -0.15) is 0 Å². The Morgan fingerprint density at radius 3 is 2.81 bits per heavy atom. The van der Waals surface area contributed by atoms with Crippen molar-refractivity contribution in [3.05, 3.63) is 72.1 Å². The Hall–Kier alpha value is -2.86. The molecule has 0 bridgehead atoms. The van der Waals surface area contributed by atoms with Crippen LogP contribution in [0.5, 0.6) is 11.5 Å². The van der Waals surface area contributed by atoms with Crippen molar-refractivity contribution in [3.63, 3.8) is 0 Å². The molecule has 1 aromatic carbocycles. The van der Waals surface area contributed by atoms with Gasteiger partial charge in [0.1, 0.15) is 6.61 Å². The summed E-state index contributed by atoms with van der Waals surface area (Å²) in [4.78, 5) is 8.55. The number of nitrogens with one attached hydrogen (secondary N) is 1. The molecule has 6 nitrogen and oxygen atoms in total. The predicted molar refractivity (Wildman–Crippen MR) is 105 cm³/mol. The fourth-order valence-corrected chi connectivity index (χ4v) is 3.01. The topological polar surface area (TPSA) is 61.2 Å². The second-order valence-electron chi connectivity index (χ2n) is 6.41. The largest absolute Gasteiger partial charge is 0.493 e. The van der Waals surface area contributed by atoms with Gasteiger partial charge in [0.05, 0.1) is 25.7 Å². The molecule has 27 heavy (non-hydrogen) atoms. The highest BCUT2D eigenvalue weighted by molar-refractivity contribution is 5.46. The Kier molecular flexibility index (Phi) is 6.44. The molecule has 2 heterocycles. The van der Waals surface area contributed by atoms with Crippen molar-refractivity contribution < 1.29 is 9.47 Å². The van der Waals surface area contributed by atoms with E-state index >= 15 is 0 Å². The van der Waals surface area contributed by atoms with Gasteiger partial charge in [-0.15, -0.1) is 0 Å². The molecule has 3 aromatic rings. The molecular formula is C21H26N4O2. The van der Waals surface area contributed by atoms with Gasteiger partial charge in [-0.3, -0.25) is 4.98 Å². The minimum atomic E-state index is 0.135. The Balaban J connectivity index is 1.67. The highest BCUT2D eigenvalue weighted by atomic mass is 16.5. The van der Waals surface area contributed by atoms with Crippen LogP contribution in [0, 0.1) is 6.92 Å². The van der Waals surface area contributed by atoms with Crippen LogP contribution in [0.3, 0.4) is 0 Å². The molecule has 142 valence electrons. The lowest BCUT2D eigenvalue weighted by Crippen LogP contribution is -2.20. The maximum Gasteiger partial charge on any atom is 0.165 e. The van der Waals surface area contributed by atoms with E-state index in [4.69, 9.17) is 9.47 Å². The molecule has 0 aliphatic heterocycles. The van der Waals surface area contributed by atoms with E-state index in [1.54, 1.807) is 19.6 Å². The smallest absolute Gasteiger partial charge is 0.165 e. The van der Waals surface area contributed by atoms with Crippen molar-refractivity contribution >= 4 is 0 Å². The quantitative estimate of drug-likeness (QED) is 0.628. The second kappa shape index (κ2) is 9.19. The van der Waals surface area contributed by atoms with E-state index in [-0.39, 0.29) is 6.04 Å². The van der Waals surface area contributed by atoms with Crippen LogP contribution in [0.4, 0.5) is 0 Å². The van der Waals surface area contributed by atoms with E-state index in [1.165, 1.54) is 5.56 Å². The van der Waals surface area contributed by atoms with Crippen LogP contribution in [0.2, 0.25) is 0 Å². The average Bonchev–Trinajstić information content (AvgIpc) is 3.20. The van der Waals surface area contributed by atoms with Crippen molar-refractivity contribution in [1.29, 1.82) is 0 Å². The van der Waals surface area contributed by atoms with Gasteiger partial charge in [-0.05, 0) is 31.5 Å². The maximum absolute atomic E-state index is 6.06. The summed E-state index contributed by atoms with van der Waals surface area (Å²) in [5.41, 5.74) is 3.29. The van der Waals surface area contributed by atoms with Crippen LogP contribution in [-0.4, -0.2) is 28.3 Å². The van der Waals surface area contributed by atoms with Crippen LogP contribution >= 0.6 is 0 Å². The number of aryl methyl sites for hydroxylation is 1. The number of imidazole rings is 1. The zero-order valence-electron chi connectivity index (χ0n) is 16.1. The predicted octanol–water partition coefficient (Wildman–Crippen LogP) is 3.52. The molecule has 0 radical (unpaired) electrons. The third-order valence-corrected chi connectivity index (χ3v) is 4.49. The Bertz CT molecular complexity index is 849. The van der Waals surface area contributed by atoms with Gasteiger partial charge in [0.2, 0.25) is 0 Å². The molecule has 0 fully saturated rings. The summed E-state index contributed by atoms with van der Waals surface area (Å²) in [6, 6.07) is 10.1. The molecule has 1 N–H and O–H groups in total. The average molecular weight is 366 g/mol. The molecule has 0 aliphatic carbocycles. The lowest BCUT2D eigenvalue weighted by atomic mass is 10.1. The third kappa shape index (κ3) is 4.86. The second-order valence-corrected chi connectivity index (χ2v) is 6.41. The monoisotopic (exact) mass is 366 g/mol. The molecule has 0 saturated heterocycles. The minimum absolute atomic E-state index is 0.135. The first-order valence-electron chi connectivity index (χ1n) is 9.08. The molecule has 2 aromatic heterocycles. The van der Waals surface area contributed by atoms with Crippen molar-refractivity contribution in [1.82, 2.24) is 19.9 Å². The summed E-state index contributed by atoms with van der Waals surface area (Å²) < 4.78 is 13.6. The molecule has 0 aliphatic rings. The van der Waals surface area contributed by atoms with Crippen molar-refractivity contribution in [2.75, 3.05) is 13.7 Å². The lowest BCUT2D eigenvalue weighted by molar-refractivity contribution is 0.276. The molecule has 0 spiro atoms. The van der Waals surface area contributed by atoms with Gasteiger partial charge in [0.25, 0.3) is 0 Å². The van der Waals surface area contributed by atoms with E-state index in [1.807, 2.05) is 35.2 Å². The number of hydrogen-bond acceptors (Lipinski definition) is 5. The zero-order valence-corrected chi connectivity index (χ0v) is 16.1. The summed E-state index contributed by atoms with van der Waals surface area (Å²) in [7, 11) is 1.66. The fourth-order valence-electron chi connectivity index (χ4n) is 3.01. The van der Waals surface area contributed by atoms with Gasteiger partial charge < -0.3 is 19.4 Å². The van der Waals surface area contributed by atoms with Crippen molar-refractivity contribution in [2.45, 2.75) is 33.0 Å². The first-order valence-corrected chi connectivity index (χ1v) is 9.08. The van der Waals surface area contributed by atoms with Gasteiger partial charge >= 0.3 is 0 Å². The number of benzene rings is 1. The number of pyridine rings is 1. The molecular weight excluding hydrogens is 340 g/mol. The maximum atomic E-state index is 6.06. The van der Waals surface area contributed by atoms with Crippen LogP contribution in [0.15, 0.2) is 55.2 Å². The van der Waals surface area contributed by atoms with Gasteiger partial charge in [0.15, 0.2) is 11.5 Å². The van der Waals surface area contributed by atoms with Gasteiger partial charge in [-0.25, -0.2) is 4.98 Å². The molecule has 6 heteroatoms. The lowest BCUT2D eigenvalue weighted by Gasteiger charge is -2.19. The number of para-hydroxylation sites is 1. The number of methoxy groups -OCH3 is 1. The number of aromatic nitrogens is 3. The highest BCUT2D eigenvalue weighted by Gasteiger charge is 2.14. The summed E-state index contributed by atoms with van der Waals surface area (Å²) >= 11 is 0. The van der Waals surface area contributed by atoms with Crippen LogP contribution in [0.25, 0.3) is 0 Å². The van der Waals surface area contributed by atoms with Crippen LogP contribution in [-0.2, 0) is 13.1 Å². The van der Waals surface area contributed by atoms with Gasteiger partial charge in [0, 0.05) is 36.7 Å². The number of nitrogens with zero attached hydrogens (tertiary/aromatic N) is 3. The van der Waals surface area contributed by atoms with Gasteiger partial charge in [-0.1, -0.05) is 18.2 Å². The summed E-state index contributed by atoms with van der Waals surface area (Å²) in [5.74, 6) is 1.51. The molecule has 3 rings (SSSR count). The van der Waals surface area contributed by atoms with Crippen LogP contribution in [0.1, 0.15) is 29.8 Å². The Morgan fingerprint density at radius 2 is 2.07 bits per heavy atom. The Labute approximate surface area is 160 Å². The first kappa shape index (κ1) is 18.9. The summed E-state index contributed by atoms with van der Waals surface area (Å²) in [6.45, 7) is 6.13. The fraction of sp³-hybridized carbons (Fsp3) is 0.333. The molecule has 0 amide bonds. The number of hydrogen-bond donors (Lipinski definition) is 1. The normalized spacial score (nSPS) is 12.0. The highest BCUT2D eigenvalue weighted by Crippen LogP contribution is 2.31.